The number of rotatable bonds is 2. The fraction of sp³-hybridized carbons (Fsp3) is 0.462. The topological polar surface area (TPSA) is 29.5 Å². The molecule has 1 aromatic carbocycles. The Kier molecular flexibility index (Phi) is 3.72. The van der Waals surface area contributed by atoms with Crippen molar-refractivity contribution < 1.29 is 9.53 Å². The predicted octanol–water partition coefficient (Wildman–Crippen LogP) is 2.87. The Bertz CT molecular complexity index is 433. The molecule has 1 heterocycles. The highest BCUT2D eigenvalue weighted by Crippen LogP contribution is 2.29. The lowest BCUT2D eigenvalue weighted by Gasteiger charge is -2.32. The summed E-state index contributed by atoms with van der Waals surface area (Å²) in [6, 6.07) is 6.00. The lowest BCUT2D eigenvalue weighted by molar-refractivity contribution is -0.122. The molecule has 17 heavy (non-hydrogen) atoms. The first-order valence-electron chi connectivity index (χ1n) is 5.72. The summed E-state index contributed by atoms with van der Waals surface area (Å²) >= 11 is 3.47. The molecule has 1 aromatic rings. The summed E-state index contributed by atoms with van der Waals surface area (Å²) in [6.45, 7) is 3.57. The number of hydrogen-bond acceptors (Lipinski definition) is 3. The molecule has 92 valence electrons. The molecule has 1 unspecified atom stereocenters. The Morgan fingerprint density at radius 3 is 2.82 bits per heavy atom. The number of methoxy groups -OCH3 is 1. The van der Waals surface area contributed by atoms with E-state index in [2.05, 4.69) is 26.9 Å². The lowest BCUT2D eigenvalue weighted by Crippen LogP contribution is -2.39. The van der Waals surface area contributed by atoms with E-state index < -0.39 is 0 Å². The zero-order chi connectivity index (χ0) is 12.4. The fourth-order valence-electron chi connectivity index (χ4n) is 2.10. The smallest absolute Gasteiger partial charge is 0.139 e. The molecule has 0 N–H and O–H groups in total. The highest BCUT2D eigenvalue weighted by atomic mass is 79.9. The molecule has 0 aromatic heterocycles. The number of halogens is 1. The number of benzene rings is 1. The van der Waals surface area contributed by atoms with E-state index in [1.807, 2.05) is 19.1 Å². The largest absolute Gasteiger partial charge is 0.497 e. The maximum Gasteiger partial charge on any atom is 0.139 e. The summed E-state index contributed by atoms with van der Waals surface area (Å²) in [4.78, 5) is 13.7. The van der Waals surface area contributed by atoms with Gasteiger partial charge in [-0.3, -0.25) is 4.79 Å². The summed E-state index contributed by atoms with van der Waals surface area (Å²) in [6.07, 6.45) is 0.635. The third-order valence-corrected chi connectivity index (χ3v) is 3.59. The fourth-order valence-corrected chi connectivity index (χ4v) is 2.56. The number of hydrogen-bond donors (Lipinski definition) is 0. The summed E-state index contributed by atoms with van der Waals surface area (Å²) in [7, 11) is 1.66. The highest BCUT2D eigenvalue weighted by molar-refractivity contribution is 9.10. The van der Waals surface area contributed by atoms with Crippen molar-refractivity contribution in [3.05, 3.63) is 22.7 Å². The van der Waals surface area contributed by atoms with Crippen LogP contribution in [0.2, 0.25) is 0 Å². The van der Waals surface area contributed by atoms with Gasteiger partial charge in [0, 0.05) is 41.7 Å². The van der Waals surface area contributed by atoms with Gasteiger partial charge in [-0.15, -0.1) is 0 Å². The number of ketones is 1. The second-order valence-corrected chi connectivity index (χ2v) is 5.33. The second kappa shape index (κ2) is 5.08. The van der Waals surface area contributed by atoms with Gasteiger partial charge in [0.1, 0.15) is 11.5 Å². The van der Waals surface area contributed by atoms with Crippen LogP contribution in [0, 0.1) is 5.92 Å². The Morgan fingerprint density at radius 2 is 2.18 bits per heavy atom. The molecule has 1 aliphatic heterocycles. The average Bonchev–Trinajstić information content (AvgIpc) is 2.32. The Morgan fingerprint density at radius 1 is 1.41 bits per heavy atom. The van der Waals surface area contributed by atoms with E-state index in [1.165, 1.54) is 0 Å². The molecular formula is C13H16BrNO2. The van der Waals surface area contributed by atoms with Gasteiger partial charge < -0.3 is 9.64 Å². The van der Waals surface area contributed by atoms with Crippen LogP contribution in [0.25, 0.3) is 0 Å². The van der Waals surface area contributed by atoms with Crippen LogP contribution in [-0.4, -0.2) is 26.0 Å². The molecule has 0 amide bonds. The molecule has 0 aliphatic carbocycles. The molecule has 2 rings (SSSR count). The summed E-state index contributed by atoms with van der Waals surface area (Å²) < 4.78 is 6.25. The predicted molar refractivity (Wildman–Crippen MR) is 71.7 cm³/mol. The van der Waals surface area contributed by atoms with Gasteiger partial charge in [0.15, 0.2) is 0 Å². The van der Waals surface area contributed by atoms with E-state index in [0.717, 1.165) is 29.0 Å². The Balaban J connectivity index is 2.22. The van der Waals surface area contributed by atoms with Gasteiger partial charge in [-0.25, -0.2) is 0 Å². The summed E-state index contributed by atoms with van der Waals surface area (Å²) in [5.74, 6) is 1.32. The summed E-state index contributed by atoms with van der Waals surface area (Å²) in [5.41, 5.74) is 1.11. The SMILES string of the molecule is COc1cc(Br)cc(N2CCC(=O)C(C)C2)c1. The minimum atomic E-state index is 0.119. The van der Waals surface area contributed by atoms with E-state index in [0.29, 0.717) is 12.2 Å². The van der Waals surface area contributed by atoms with Gasteiger partial charge >= 0.3 is 0 Å². The molecule has 1 aliphatic rings. The zero-order valence-corrected chi connectivity index (χ0v) is 11.7. The van der Waals surface area contributed by atoms with Crippen molar-refractivity contribution in [2.45, 2.75) is 13.3 Å². The monoisotopic (exact) mass is 297 g/mol. The number of carbonyl (C=O) groups excluding carboxylic acids is 1. The molecule has 1 saturated heterocycles. The number of carbonyl (C=O) groups is 1. The molecule has 4 heteroatoms. The van der Waals surface area contributed by atoms with Crippen molar-refractivity contribution in [2.75, 3.05) is 25.1 Å². The van der Waals surface area contributed by atoms with Crippen molar-refractivity contribution in [1.82, 2.24) is 0 Å². The first-order chi connectivity index (χ1) is 8.10. The second-order valence-electron chi connectivity index (χ2n) is 4.41. The van der Waals surface area contributed by atoms with E-state index in [-0.39, 0.29) is 5.92 Å². The van der Waals surface area contributed by atoms with Crippen molar-refractivity contribution in [3.8, 4) is 5.75 Å². The maximum absolute atomic E-state index is 11.5. The Labute approximate surface area is 110 Å². The van der Waals surface area contributed by atoms with Crippen molar-refractivity contribution >= 4 is 27.4 Å². The van der Waals surface area contributed by atoms with Crippen LogP contribution in [0.1, 0.15) is 13.3 Å². The summed E-state index contributed by atoms with van der Waals surface area (Å²) in [5, 5.41) is 0. The highest BCUT2D eigenvalue weighted by Gasteiger charge is 2.23. The van der Waals surface area contributed by atoms with Crippen LogP contribution in [0.3, 0.4) is 0 Å². The van der Waals surface area contributed by atoms with Crippen LogP contribution < -0.4 is 9.64 Å². The zero-order valence-electron chi connectivity index (χ0n) is 10.1. The molecule has 3 nitrogen and oxygen atoms in total. The number of Topliss-reactive ketones (excluding diaryl/α,β-unsaturated/α-hetero) is 1. The average molecular weight is 298 g/mol. The molecule has 0 saturated carbocycles. The van der Waals surface area contributed by atoms with Crippen molar-refractivity contribution in [2.24, 2.45) is 5.92 Å². The van der Waals surface area contributed by atoms with Gasteiger partial charge in [-0.1, -0.05) is 22.9 Å². The van der Waals surface area contributed by atoms with Gasteiger partial charge in [0.2, 0.25) is 0 Å². The normalized spacial score (nSPS) is 20.5. The third-order valence-electron chi connectivity index (χ3n) is 3.13. The maximum atomic E-state index is 11.5. The van der Waals surface area contributed by atoms with Gasteiger partial charge in [-0.2, -0.15) is 0 Å². The van der Waals surface area contributed by atoms with Crippen molar-refractivity contribution in [3.63, 3.8) is 0 Å². The standard InChI is InChI=1S/C13H16BrNO2/c1-9-8-15(4-3-13(9)16)11-5-10(14)6-12(7-11)17-2/h5-7,9H,3-4,8H2,1-2H3. The minimum absolute atomic E-state index is 0.119. The third kappa shape index (κ3) is 2.80. The van der Waals surface area contributed by atoms with Crippen LogP contribution >= 0.6 is 15.9 Å². The van der Waals surface area contributed by atoms with Gasteiger partial charge in [0.05, 0.1) is 7.11 Å². The molecular weight excluding hydrogens is 282 g/mol. The molecule has 0 bridgehead atoms. The van der Waals surface area contributed by atoms with Crippen LogP contribution in [0.15, 0.2) is 22.7 Å². The molecule has 0 spiro atoms. The number of anilines is 1. The van der Waals surface area contributed by atoms with Crippen LogP contribution in [0.5, 0.6) is 5.75 Å². The van der Waals surface area contributed by atoms with Gasteiger partial charge in [0.25, 0.3) is 0 Å². The minimum Gasteiger partial charge on any atom is -0.497 e. The van der Waals surface area contributed by atoms with E-state index in [4.69, 9.17) is 4.74 Å². The molecule has 1 atom stereocenters. The van der Waals surface area contributed by atoms with E-state index in [9.17, 15) is 4.79 Å². The van der Waals surface area contributed by atoms with E-state index in [1.54, 1.807) is 7.11 Å². The number of nitrogens with zero attached hydrogens (tertiary/aromatic N) is 1. The van der Waals surface area contributed by atoms with Crippen LogP contribution in [0.4, 0.5) is 5.69 Å². The lowest BCUT2D eigenvalue weighted by atomic mass is 9.98. The molecule has 0 radical (unpaired) electrons. The molecule has 1 fully saturated rings. The number of ether oxygens (including phenoxy) is 1. The van der Waals surface area contributed by atoms with Crippen molar-refractivity contribution in [1.29, 1.82) is 0 Å². The van der Waals surface area contributed by atoms with Gasteiger partial charge in [-0.05, 0) is 12.1 Å². The number of piperidine rings is 1. The van der Waals surface area contributed by atoms with E-state index >= 15 is 0 Å². The first kappa shape index (κ1) is 12.4. The van der Waals surface area contributed by atoms with Crippen LogP contribution in [-0.2, 0) is 4.79 Å². The Hall–Kier alpha value is -1.03. The first-order valence-corrected chi connectivity index (χ1v) is 6.51. The quantitative estimate of drug-likeness (QED) is 0.841.